The normalized spacial score (nSPS) is 22.0. The molecule has 1 saturated heterocycles. The van der Waals surface area contributed by atoms with E-state index in [0.717, 1.165) is 18.5 Å². The number of halogens is 3. The number of fused-ring (bicyclic) bond motifs is 1. The lowest BCUT2D eigenvalue weighted by molar-refractivity contribution is -0.187. The monoisotopic (exact) mass is 409 g/mol. The Morgan fingerprint density at radius 2 is 2.07 bits per heavy atom. The van der Waals surface area contributed by atoms with Crippen molar-refractivity contribution in [3.8, 4) is 5.95 Å². The van der Waals surface area contributed by atoms with E-state index in [2.05, 4.69) is 15.1 Å². The van der Waals surface area contributed by atoms with E-state index in [1.165, 1.54) is 15.8 Å². The van der Waals surface area contributed by atoms with Crippen molar-refractivity contribution in [1.29, 1.82) is 0 Å². The maximum Gasteiger partial charge on any atom is 0.391 e. The van der Waals surface area contributed by atoms with Crippen molar-refractivity contribution in [3.05, 3.63) is 39.1 Å². The summed E-state index contributed by atoms with van der Waals surface area (Å²) in [4.78, 5) is 33.9. The van der Waals surface area contributed by atoms with Crippen LogP contribution in [0.2, 0.25) is 0 Å². The molecule has 1 aliphatic heterocycles. The fourth-order valence-corrected chi connectivity index (χ4v) is 4.29. The van der Waals surface area contributed by atoms with E-state index in [9.17, 15) is 22.8 Å². The van der Waals surface area contributed by atoms with Gasteiger partial charge in [0.2, 0.25) is 5.95 Å². The van der Waals surface area contributed by atoms with E-state index in [4.69, 9.17) is 0 Å². The maximum atomic E-state index is 13.0. The van der Waals surface area contributed by atoms with Crippen molar-refractivity contribution in [2.75, 3.05) is 6.54 Å². The summed E-state index contributed by atoms with van der Waals surface area (Å²) in [5.41, 5.74) is 2.02. The third kappa shape index (κ3) is 3.44. The highest BCUT2D eigenvalue weighted by Gasteiger charge is 2.44. The first-order valence-electron chi connectivity index (χ1n) is 9.71. The third-order valence-electron chi connectivity index (χ3n) is 5.97. The number of H-pyrrole nitrogens is 1. The summed E-state index contributed by atoms with van der Waals surface area (Å²) in [7, 11) is 0. The Hall–Kier alpha value is -2.65. The van der Waals surface area contributed by atoms with Crippen LogP contribution in [-0.4, -0.2) is 49.3 Å². The van der Waals surface area contributed by atoms with E-state index in [1.807, 2.05) is 0 Å². The molecule has 0 radical (unpaired) electrons. The molecule has 2 aromatic rings. The summed E-state index contributed by atoms with van der Waals surface area (Å²) < 4.78 is 40.4. The van der Waals surface area contributed by atoms with Crippen molar-refractivity contribution in [3.63, 3.8) is 0 Å². The van der Waals surface area contributed by atoms with E-state index < -0.39 is 18.1 Å². The molecule has 0 bridgehead atoms. The van der Waals surface area contributed by atoms with Crippen LogP contribution in [0.1, 0.15) is 53.5 Å². The van der Waals surface area contributed by atoms with Crippen LogP contribution in [-0.2, 0) is 12.8 Å². The van der Waals surface area contributed by atoms with E-state index in [-0.39, 0.29) is 36.8 Å². The van der Waals surface area contributed by atoms with Crippen LogP contribution in [0.4, 0.5) is 13.2 Å². The second kappa shape index (κ2) is 7.00. The topological polar surface area (TPSA) is 83.9 Å². The molecular formula is C19H22F3N5O2. The second-order valence-corrected chi connectivity index (χ2v) is 7.83. The Kier molecular flexibility index (Phi) is 4.74. The number of nitrogens with zero attached hydrogens (tertiary/aromatic N) is 4. The van der Waals surface area contributed by atoms with Crippen LogP contribution in [0.3, 0.4) is 0 Å². The number of carbonyl (C=O) groups excluding carboxylic acids is 1. The summed E-state index contributed by atoms with van der Waals surface area (Å²) in [6, 6.07) is -0.524. The number of hydrogen-bond donors (Lipinski definition) is 1. The number of rotatable bonds is 2. The van der Waals surface area contributed by atoms with Crippen LogP contribution in [0.15, 0.2) is 11.0 Å². The number of alkyl halides is 3. The van der Waals surface area contributed by atoms with Crippen LogP contribution < -0.4 is 5.56 Å². The number of aromatic amines is 1. The highest BCUT2D eigenvalue weighted by Crippen LogP contribution is 2.37. The standard InChI is InChI=1S/C19H22F3N5O2/c1-10-8-12(19(20,21)22)6-7-26(10)17(29)14-9-23-27(11(14)2)18-24-15-5-3-4-13(15)16(28)25-18/h9-10,12H,3-8H2,1-2H3,(H,24,25,28)/t10-,12?/m1/s1. The number of amides is 1. The summed E-state index contributed by atoms with van der Waals surface area (Å²) in [6.07, 6.45) is -0.768. The molecule has 1 fully saturated rings. The van der Waals surface area contributed by atoms with Gasteiger partial charge < -0.3 is 4.90 Å². The van der Waals surface area contributed by atoms with Gasteiger partial charge in [-0.25, -0.2) is 9.67 Å². The van der Waals surface area contributed by atoms with E-state index in [0.29, 0.717) is 23.2 Å². The Morgan fingerprint density at radius 3 is 2.76 bits per heavy atom. The molecule has 2 atom stereocenters. The molecule has 0 aromatic carbocycles. The lowest BCUT2D eigenvalue weighted by Gasteiger charge is -2.38. The number of aryl methyl sites for hydroxylation is 1. The highest BCUT2D eigenvalue weighted by molar-refractivity contribution is 5.95. The second-order valence-electron chi connectivity index (χ2n) is 7.83. The zero-order valence-corrected chi connectivity index (χ0v) is 16.2. The molecule has 1 unspecified atom stereocenters. The van der Waals surface area contributed by atoms with E-state index in [1.54, 1.807) is 13.8 Å². The number of carbonyl (C=O) groups is 1. The fourth-order valence-electron chi connectivity index (χ4n) is 4.29. The number of nitrogens with one attached hydrogen (secondary N) is 1. The maximum absolute atomic E-state index is 13.0. The van der Waals surface area contributed by atoms with Crippen LogP contribution in [0.25, 0.3) is 5.95 Å². The predicted octanol–water partition coefficient (Wildman–Crippen LogP) is 2.56. The molecule has 7 nitrogen and oxygen atoms in total. The van der Waals surface area contributed by atoms with Gasteiger partial charge in [-0.2, -0.15) is 18.3 Å². The molecular weight excluding hydrogens is 387 g/mol. The van der Waals surface area contributed by atoms with Crippen LogP contribution >= 0.6 is 0 Å². The van der Waals surface area contributed by atoms with Gasteiger partial charge >= 0.3 is 6.18 Å². The molecule has 1 N–H and O–H groups in total. The van der Waals surface area contributed by atoms with Gasteiger partial charge in [-0.15, -0.1) is 0 Å². The number of hydrogen-bond acceptors (Lipinski definition) is 4. The molecule has 156 valence electrons. The molecule has 1 amide bonds. The van der Waals surface area contributed by atoms with Gasteiger partial charge in [0.1, 0.15) is 0 Å². The number of likely N-dealkylation sites (tertiary alicyclic amines) is 1. The van der Waals surface area contributed by atoms with Gasteiger partial charge in [0.15, 0.2) is 0 Å². The lowest BCUT2D eigenvalue weighted by atomic mass is 9.90. The molecule has 2 aliphatic rings. The fraction of sp³-hybridized carbons (Fsp3) is 0.579. The molecule has 3 heterocycles. The smallest absolute Gasteiger partial charge is 0.336 e. The Labute approximate surface area is 164 Å². The van der Waals surface area contributed by atoms with Crippen molar-refractivity contribution in [2.24, 2.45) is 5.92 Å². The largest absolute Gasteiger partial charge is 0.391 e. The zero-order chi connectivity index (χ0) is 20.9. The molecule has 0 saturated carbocycles. The molecule has 1 aliphatic carbocycles. The molecule has 29 heavy (non-hydrogen) atoms. The van der Waals surface area contributed by atoms with Gasteiger partial charge in [-0.05, 0) is 46.0 Å². The lowest BCUT2D eigenvalue weighted by Crippen LogP contribution is -2.47. The highest BCUT2D eigenvalue weighted by atomic mass is 19.4. The summed E-state index contributed by atoms with van der Waals surface area (Å²) in [5, 5.41) is 4.20. The third-order valence-corrected chi connectivity index (χ3v) is 5.97. The van der Waals surface area contributed by atoms with Gasteiger partial charge in [0.25, 0.3) is 11.5 Å². The number of aromatic nitrogens is 4. The van der Waals surface area contributed by atoms with Crippen molar-refractivity contribution >= 4 is 5.91 Å². The average Bonchev–Trinajstić information content (AvgIpc) is 3.27. The SMILES string of the molecule is Cc1c(C(=O)N2CCC(C(F)(F)F)C[C@H]2C)cnn1-c1nc2c(c(=O)[nH]1)CCC2. The molecule has 2 aromatic heterocycles. The molecule has 10 heteroatoms. The minimum Gasteiger partial charge on any atom is -0.336 e. The quantitative estimate of drug-likeness (QED) is 0.826. The van der Waals surface area contributed by atoms with Crippen LogP contribution in [0, 0.1) is 12.8 Å². The minimum atomic E-state index is -4.24. The van der Waals surface area contributed by atoms with Gasteiger partial charge in [-0.1, -0.05) is 0 Å². The molecule has 4 rings (SSSR count). The first kappa shape index (κ1) is 19.7. The van der Waals surface area contributed by atoms with Gasteiger partial charge in [0.05, 0.1) is 29.1 Å². The summed E-state index contributed by atoms with van der Waals surface area (Å²) in [5.74, 6) is -1.49. The average molecular weight is 409 g/mol. The minimum absolute atomic E-state index is 0.0444. The van der Waals surface area contributed by atoms with E-state index >= 15 is 0 Å². The van der Waals surface area contributed by atoms with Crippen LogP contribution in [0.5, 0.6) is 0 Å². The van der Waals surface area contributed by atoms with Crippen molar-refractivity contribution in [2.45, 2.75) is 58.2 Å². The van der Waals surface area contributed by atoms with Crippen molar-refractivity contribution in [1.82, 2.24) is 24.6 Å². The summed E-state index contributed by atoms with van der Waals surface area (Å²) >= 11 is 0. The predicted molar refractivity (Wildman–Crippen MR) is 98.0 cm³/mol. The molecule has 0 spiro atoms. The van der Waals surface area contributed by atoms with Crippen molar-refractivity contribution < 1.29 is 18.0 Å². The van der Waals surface area contributed by atoms with Gasteiger partial charge in [-0.3, -0.25) is 14.6 Å². The Bertz CT molecular complexity index is 1010. The Balaban J connectivity index is 1.59. The first-order valence-corrected chi connectivity index (χ1v) is 9.71. The number of piperidine rings is 1. The first-order chi connectivity index (χ1) is 13.7. The van der Waals surface area contributed by atoms with Gasteiger partial charge in [0, 0.05) is 18.2 Å². The Morgan fingerprint density at radius 1 is 1.31 bits per heavy atom. The summed E-state index contributed by atoms with van der Waals surface area (Å²) in [6.45, 7) is 3.36. The zero-order valence-electron chi connectivity index (χ0n) is 16.2.